The van der Waals surface area contributed by atoms with Gasteiger partial charge in [0.2, 0.25) is 0 Å². The van der Waals surface area contributed by atoms with E-state index in [2.05, 4.69) is 6.58 Å². The lowest BCUT2D eigenvalue weighted by atomic mass is 10.1. The van der Waals surface area contributed by atoms with Crippen molar-refractivity contribution >= 4 is 36.5 Å². The first kappa shape index (κ1) is 14.4. The maximum atomic E-state index is 9.19. The Morgan fingerprint density at radius 1 is 1.33 bits per heavy atom. The molecule has 0 aliphatic heterocycles. The van der Waals surface area contributed by atoms with Gasteiger partial charge in [0.05, 0.1) is 0 Å². The van der Waals surface area contributed by atoms with Crippen molar-refractivity contribution in [2.45, 2.75) is 6.42 Å². The lowest BCUT2D eigenvalue weighted by molar-refractivity contribution is 0.470. The fraction of sp³-hybridized carbons (Fsp3) is 0.111. The molecule has 0 heterocycles. The highest BCUT2D eigenvalue weighted by Crippen LogP contribution is 2.15. The molecule has 1 aromatic carbocycles. The third kappa shape index (κ3) is 4.04. The molecule has 0 aliphatic rings. The van der Waals surface area contributed by atoms with E-state index in [-0.39, 0.29) is 36.5 Å². The minimum Gasteiger partial charge on any atom is -0.508 e. The summed E-state index contributed by atoms with van der Waals surface area (Å²) in [7, 11) is 0. The van der Waals surface area contributed by atoms with Gasteiger partial charge in [0.1, 0.15) is 5.75 Å². The van der Waals surface area contributed by atoms with Crippen LogP contribution in [0.5, 0.6) is 5.75 Å². The van der Waals surface area contributed by atoms with E-state index in [0.29, 0.717) is 5.75 Å². The summed E-state index contributed by atoms with van der Waals surface area (Å²) in [5.41, 5.74) is 0.928. The zero-order chi connectivity index (χ0) is 7.40. The summed E-state index contributed by atoms with van der Waals surface area (Å²) in [6.45, 7) is 3.59. The molecule has 0 unspecified atom stereocenters. The second-order valence-corrected chi connectivity index (χ2v) is 2.12. The zero-order valence-corrected chi connectivity index (χ0v) is 7.25. The van der Waals surface area contributed by atoms with E-state index in [1.165, 1.54) is 0 Å². The molecule has 64 valence electrons. The van der Waals surface area contributed by atoms with Gasteiger partial charge in [-0.1, -0.05) is 24.3 Å². The Morgan fingerprint density at radius 2 is 1.92 bits per heavy atom. The van der Waals surface area contributed by atoms with Crippen LogP contribution in [0.4, 0.5) is 0 Å². The van der Waals surface area contributed by atoms with Gasteiger partial charge in [-0.3, -0.25) is 0 Å². The summed E-state index contributed by atoms with van der Waals surface area (Å²) < 4.78 is 0. The van der Waals surface area contributed by atoms with E-state index >= 15 is 0 Å². The standard InChI is InChI=1S/C9H10O.Mg.H2S.2H/c1-2-5-8-6-3-4-7-9(8)10;;;;/h2-4,6-7,10H,1,5H2;;1H2;;. The Morgan fingerprint density at radius 3 is 2.42 bits per heavy atom. The number of hydrogen-bond donors (Lipinski definition) is 1. The molecule has 0 fully saturated rings. The maximum Gasteiger partial charge on any atom is 0.316 e. The summed E-state index contributed by atoms with van der Waals surface area (Å²) >= 11 is 0. The molecule has 1 N–H and O–H groups in total. The van der Waals surface area contributed by atoms with Crippen molar-refractivity contribution < 1.29 is 5.11 Å². The maximum absolute atomic E-state index is 9.19. The summed E-state index contributed by atoms with van der Waals surface area (Å²) in [5, 5.41) is 9.19. The summed E-state index contributed by atoms with van der Waals surface area (Å²) in [6.07, 6.45) is 2.50. The fourth-order valence-electron chi connectivity index (χ4n) is 0.839. The van der Waals surface area contributed by atoms with Crippen LogP contribution in [0.1, 0.15) is 5.56 Å². The number of benzene rings is 1. The molecule has 1 rings (SSSR count). The van der Waals surface area contributed by atoms with Gasteiger partial charge < -0.3 is 5.11 Å². The van der Waals surface area contributed by atoms with Crippen molar-refractivity contribution in [3.05, 3.63) is 42.5 Å². The van der Waals surface area contributed by atoms with Gasteiger partial charge in [-0.2, -0.15) is 13.5 Å². The molecule has 0 atom stereocenters. The molecule has 0 amide bonds. The topological polar surface area (TPSA) is 20.2 Å². The van der Waals surface area contributed by atoms with Crippen molar-refractivity contribution in [3.63, 3.8) is 0 Å². The Bertz CT molecular complexity index is 238. The van der Waals surface area contributed by atoms with E-state index in [4.69, 9.17) is 0 Å². The summed E-state index contributed by atoms with van der Waals surface area (Å²) in [5.74, 6) is 0.349. The molecule has 1 nitrogen and oxygen atoms in total. The minimum absolute atomic E-state index is 0. The second-order valence-electron chi connectivity index (χ2n) is 2.12. The summed E-state index contributed by atoms with van der Waals surface area (Å²) in [4.78, 5) is 0. The summed E-state index contributed by atoms with van der Waals surface area (Å²) in [6, 6.07) is 7.27. The smallest absolute Gasteiger partial charge is 0.316 e. The molecular formula is C9H14MgOS. The van der Waals surface area contributed by atoms with Crippen molar-refractivity contribution in [2.24, 2.45) is 0 Å². The Labute approximate surface area is 96.1 Å². The molecular weight excluding hydrogens is 180 g/mol. The molecule has 12 heavy (non-hydrogen) atoms. The van der Waals surface area contributed by atoms with Gasteiger partial charge >= 0.3 is 23.1 Å². The van der Waals surface area contributed by atoms with Crippen LogP contribution in [-0.2, 0) is 6.42 Å². The van der Waals surface area contributed by atoms with Crippen LogP contribution in [0.3, 0.4) is 0 Å². The lowest BCUT2D eigenvalue weighted by Gasteiger charge is -1.97. The number of phenols is 1. The quantitative estimate of drug-likeness (QED) is 0.556. The molecule has 0 saturated heterocycles. The minimum atomic E-state index is 0. The van der Waals surface area contributed by atoms with E-state index in [1.807, 2.05) is 18.2 Å². The third-order valence-corrected chi connectivity index (χ3v) is 1.36. The highest BCUT2D eigenvalue weighted by Gasteiger charge is 1.93. The molecule has 0 radical (unpaired) electrons. The van der Waals surface area contributed by atoms with E-state index in [9.17, 15) is 5.11 Å². The largest absolute Gasteiger partial charge is 0.508 e. The molecule has 0 saturated carbocycles. The molecule has 1 aromatic rings. The number of hydrogen-bond acceptors (Lipinski definition) is 1. The van der Waals surface area contributed by atoms with Crippen molar-refractivity contribution in [1.29, 1.82) is 0 Å². The van der Waals surface area contributed by atoms with Gasteiger partial charge in [-0.25, -0.2) is 0 Å². The second kappa shape index (κ2) is 7.52. The van der Waals surface area contributed by atoms with Gasteiger partial charge in [-0.15, -0.1) is 6.58 Å². The lowest BCUT2D eigenvalue weighted by Crippen LogP contribution is -1.79. The van der Waals surface area contributed by atoms with Crippen molar-refractivity contribution in [3.8, 4) is 5.75 Å². The van der Waals surface area contributed by atoms with Crippen LogP contribution in [0, 0.1) is 0 Å². The predicted octanol–water partition coefficient (Wildman–Crippen LogP) is 1.32. The zero-order valence-electron chi connectivity index (χ0n) is 6.25. The van der Waals surface area contributed by atoms with E-state index in [0.717, 1.165) is 12.0 Å². The highest BCUT2D eigenvalue weighted by molar-refractivity contribution is 7.59. The first-order valence-electron chi connectivity index (χ1n) is 3.22. The normalized spacial score (nSPS) is 7.67. The Hall–Kier alpha value is -0.124. The van der Waals surface area contributed by atoms with Crippen LogP contribution in [-0.4, -0.2) is 28.2 Å². The average molecular weight is 195 g/mol. The third-order valence-electron chi connectivity index (χ3n) is 1.36. The molecule has 3 heteroatoms. The number of allylic oxidation sites excluding steroid dienone is 1. The molecule has 0 spiro atoms. The first-order valence-corrected chi connectivity index (χ1v) is 3.22. The SMILES string of the molecule is C=CCc1ccccc1O.S.[MgH2]. The highest BCUT2D eigenvalue weighted by atomic mass is 32.1. The van der Waals surface area contributed by atoms with Crippen LogP contribution in [0.15, 0.2) is 36.9 Å². The first-order chi connectivity index (χ1) is 4.84. The van der Waals surface area contributed by atoms with Crippen molar-refractivity contribution in [2.75, 3.05) is 0 Å². The molecule has 0 aliphatic carbocycles. The fourth-order valence-corrected chi connectivity index (χ4v) is 0.839. The number of rotatable bonds is 2. The number of para-hydroxylation sites is 1. The average Bonchev–Trinajstić information content (AvgIpc) is 1.94. The van der Waals surface area contributed by atoms with E-state index < -0.39 is 0 Å². The molecule has 0 bridgehead atoms. The molecule has 0 aromatic heterocycles. The van der Waals surface area contributed by atoms with Crippen LogP contribution in [0.2, 0.25) is 0 Å². The van der Waals surface area contributed by atoms with Gasteiger partial charge in [0.15, 0.2) is 0 Å². The van der Waals surface area contributed by atoms with Crippen LogP contribution >= 0.6 is 13.5 Å². The van der Waals surface area contributed by atoms with Gasteiger partial charge in [-0.05, 0) is 18.1 Å². The van der Waals surface area contributed by atoms with E-state index in [1.54, 1.807) is 12.1 Å². The van der Waals surface area contributed by atoms with Gasteiger partial charge in [0, 0.05) is 0 Å². The number of aromatic hydroxyl groups is 1. The van der Waals surface area contributed by atoms with Gasteiger partial charge in [0.25, 0.3) is 0 Å². The Balaban J connectivity index is 0. The van der Waals surface area contributed by atoms with Crippen molar-refractivity contribution in [1.82, 2.24) is 0 Å². The van der Waals surface area contributed by atoms with Crippen LogP contribution < -0.4 is 0 Å². The number of phenolic OH excluding ortho intramolecular Hbond substituents is 1. The monoisotopic (exact) mass is 194 g/mol. The predicted molar refractivity (Wildman–Crippen MR) is 60.9 cm³/mol. The Kier molecular flexibility index (Phi) is 9.03. The van der Waals surface area contributed by atoms with Crippen LogP contribution in [0.25, 0.3) is 0 Å².